The SMILES string of the molecule is CN1CN(C)[C@@H](c2ccccc2)[C@H]1c1ccccc1. The van der Waals surface area contributed by atoms with Crippen molar-refractivity contribution < 1.29 is 0 Å². The highest BCUT2D eigenvalue weighted by Crippen LogP contribution is 2.41. The minimum absolute atomic E-state index is 0.425. The molecule has 2 nitrogen and oxygen atoms in total. The van der Waals surface area contributed by atoms with Crippen molar-refractivity contribution in [1.29, 1.82) is 0 Å². The van der Waals surface area contributed by atoms with E-state index in [0.29, 0.717) is 12.1 Å². The molecule has 19 heavy (non-hydrogen) atoms. The Kier molecular flexibility index (Phi) is 3.36. The monoisotopic (exact) mass is 252 g/mol. The summed E-state index contributed by atoms with van der Waals surface area (Å²) in [6.45, 7) is 0.999. The van der Waals surface area contributed by atoms with Crippen molar-refractivity contribution in [3.05, 3.63) is 71.8 Å². The number of benzene rings is 2. The van der Waals surface area contributed by atoms with Gasteiger partial charge in [0.1, 0.15) is 0 Å². The zero-order chi connectivity index (χ0) is 13.2. The summed E-state index contributed by atoms with van der Waals surface area (Å²) in [6, 6.07) is 22.5. The van der Waals surface area contributed by atoms with Crippen LogP contribution in [0.25, 0.3) is 0 Å². The van der Waals surface area contributed by atoms with E-state index in [1.165, 1.54) is 11.1 Å². The highest BCUT2D eigenvalue weighted by Gasteiger charge is 2.37. The first-order valence-electron chi connectivity index (χ1n) is 6.78. The molecule has 98 valence electrons. The molecule has 2 heteroatoms. The van der Waals surface area contributed by atoms with Gasteiger partial charge in [-0.05, 0) is 25.2 Å². The fourth-order valence-electron chi connectivity index (χ4n) is 3.18. The van der Waals surface area contributed by atoms with Crippen LogP contribution in [0.1, 0.15) is 23.2 Å². The first kappa shape index (κ1) is 12.4. The molecule has 1 fully saturated rings. The molecular weight excluding hydrogens is 232 g/mol. The number of nitrogens with zero attached hydrogens (tertiary/aromatic N) is 2. The summed E-state index contributed by atoms with van der Waals surface area (Å²) in [7, 11) is 4.41. The number of likely N-dealkylation sites (N-methyl/N-ethyl adjacent to an activating group) is 2. The van der Waals surface area contributed by atoms with Gasteiger partial charge in [-0.1, -0.05) is 60.7 Å². The molecule has 0 aromatic heterocycles. The Bertz CT molecular complexity index is 474. The van der Waals surface area contributed by atoms with Gasteiger partial charge < -0.3 is 0 Å². The molecule has 0 unspecified atom stereocenters. The van der Waals surface area contributed by atoms with Gasteiger partial charge in [0.15, 0.2) is 0 Å². The van der Waals surface area contributed by atoms with E-state index in [4.69, 9.17) is 0 Å². The molecule has 0 radical (unpaired) electrons. The summed E-state index contributed by atoms with van der Waals surface area (Å²) >= 11 is 0. The van der Waals surface area contributed by atoms with Crippen molar-refractivity contribution in [2.45, 2.75) is 12.1 Å². The highest BCUT2D eigenvalue weighted by atomic mass is 15.4. The Hall–Kier alpha value is -1.64. The number of hydrogen-bond donors (Lipinski definition) is 0. The molecule has 0 amide bonds. The van der Waals surface area contributed by atoms with Crippen LogP contribution < -0.4 is 0 Å². The summed E-state index contributed by atoms with van der Waals surface area (Å²) in [5, 5.41) is 0. The van der Waals surface area contributed by atoms with E-state index in [2.05, 4.69) is 84.6 Å². The van der Waals surface area contributed by atoms with E-state index < -0.39 is 0 Å². The third-order valence-electron chi connectivity index (χ3n) is 3.98. The van der Waals surface area contributed by atoms with E-state index >= 15 is 0 Å². The number of rotatable bonds is 2. The molecule has 0 aliphatic carbocycles. The number of hydrogen-bond acceptors (Lipinski definition) is 2. The maximum absolute atomic E-state index is 2.42. The lowest BCUT2D eigenvalue weighted by atomic mass is 9.93. The highest BCUT2D eigenvalue weighted by molar-refractivity contribution is 5.29. The molecular formula is C17H20N2. The molecule has 2 atom stereocenters. The molecule has 3 rings (SSSR count). The third-order valence-corrected chi connectivity index (χ3v) is 3.98. The van der Waals surface area contributed by atoms with Gasteiger partial charge in [0.25, 0.3) is 0 Å². The molecule has 0 bridgehead atoms. The zero-order valence-electron chi connectivity index (χ0n) is 11.5. The van der Waals surface area contributed by atoms with E-state index in [1.807, 2.05) is 0 Å². The fourth-order valence-corrected chi connectivity index (χ4v) is 3.18. The van der Waals surface area contributed by atoms with Gasteiger partial charge in [-0.3, -0.25) is 9.80 Å². The average Bonchev–Trinajstić information content (AvgIpc) is 2.75. The minimum Gasteiger partial charge on any atom is -0.285 e. The van der Waals surface area contributed by atoms with Crippen LogP contribution in [0, 0.1) is 0 Å². The second-order valence-corrected chi connectivity index (χ2v) is 5.37. The van der Waals surface area contributed by atoms with Gasteiger partial charge >= 0.3 is 0 Å². The van der Waals surface area contributed by atoms with E-state index in [0.717, 1.165) is 6.67 Å². The summed E-state index contributed by atoms with van der Waals surface area (Å²) in [5.41, 5.74) is 2.78. The van der Waals surface area contributed by atoms with Crippen LogP contribution in [0.5, 0.6) is 0 Å². The van der Waals surface area contributed by atoms with Gasteiger partial charge in [0, 0.05) is 0 Å². The fraction of sp³-hybridized carbons (Fsp3) is 0.294. The predicted octanol–water partition coefficient (Wildman–Crippen LogP) is 3.30. The lowest BCUT2D eigenvalue weighted by Crippen LogP contribution is -2.20. The Morgan fingerprint density at radius 1 is 0.684 bits per heavy atom. The van der Waals surface area contributed by atoms with E-state index in [9.17, 15) is 0 Å². The van der Waals surface area contributed by atoms with Gasteiger partial charge in [-0.2, -0.15) is 0 Å². The summed E-state index contributed by atoms with van der Waals surface area (Å²) in [5.74, 6) is 0. The molecule has 1 saturated heterocycles. The van der Waals surface area contributed by atoms with Crippen LogP contribution in [0.4, 0.5) is 0 Å². The van der Waals surface area contributed by atoms with Gasteiger partial charge in [0.05, 0.1) is 18.8 Å². The molecule has 2 aromatic rings. The van der Waals surface area contributed by atoms with Gasteiger partial charge in [0.2, 0.25) is 0 Å². The Morgan fingerprint density at radius 2 is 1.05 bits per heavy atom. The molecule has 0 spiro atoms. The standard InChI is InChI=1S/C17H20N2/c1-18-13-19(2)17(15-11-7-4-8-12-15)16(18)14-9-5-3-6-10-14/h3-12,16-17H,13H2,1-2H3/t16-,17+. The van der Waals surface area contributed by atoms with Crippen LogP contribution in [0.15, 0.2) is 60.7 Å². The quantitative estimate of drug-likeness (QED) is 0.809. The topological polar surface area (TPSA) is 6.48 Å². The summed E-state index contributed by atoms with van der Waals surface area (Å²) in [4.78, 5) is 4.85. The second-order valence-electron chi connectivity index (χ2n) is 5.37. The van der Waals surface area contributed by atoms with Crippen LogP contribution >= 0.6 is 0 Å². The second kappa shape index (κ2) is 5.16. The maximum atomic E-state index is 2.42. The lowest BCUT2D eigenvalue weighted by molar-refractivity contribution is 0.284. The van der Waals surface area contributed by atoms with Crippen LogP contribution in [-0.4, -0.2) is 30.6 Å². The molecule has 0 N–H and O–H groups in total. The van der Waals surface area contributed by atoms with E-state index in [1.54, 1.807) is 0 Å². The van der Waals surface area contributed by atoms with Crippen molar-refractivity contribution in [1.82, 2.24) is 9.80 Å². The Balaban J connectivity index is 2.01. The van der Waals surface area contributed by atoms with Crippen molar-refractivity contribution in [3.8, 4) is 0 Å². The Labute approximate surface area is 115 Å². The first-order chi connectivity index (χ1) is 9.27. The third kappa shape index (κ3) is 2.29. The first-order valence-corrected chi connectivity index (χ1v) is 6.78. The van der Waals surface area contributed by atoms with E-state index in [-0.39, 0.29) is 0 Å². The van der Waals surface area contributed by atoms with Crippen molar-refractivity contribution in [2.24, 2.45) is 0 Å². The normalized spacial score (nSPS) is 24.7. The van der Waals surface area contributed by atoms with Crippen LogP contribution in [-0.2, 0) is 0 Å². The van der Waals surface area contributed by atoms with Gasteiger partial charge in [-0.15, -0.1) is 0 Å². The van der Waals surface area contributed by atoms with Gasteiger partial charge in [-0.25, -0.2) is 0 Å². The van der Waals surface area contributed by atoms with Crippen LogP contribution in [0.2, 0.25) is 0 Å². The molecule has 2 aromatic carbocycles. The smallest absolute Gasteiger partial charge is 0.0554 e. The maximum Gasteiger partial charge on any atom is 0.0554 e. The predicted molar refractivity (Wildman–Crippen MR) is 78.8 cm³/mol. The molecule has 1 aliphatic rings. The Morgan fingerprint density at radius 3 is 1.42 bits per heavy atom. The average molecular weight is 252 g/mol. The van der Waals surface area contributed by atoms with Crippen molar-refractivity contribution >= 4 is 0 Å². The largest absolute Gasteiger partial charge is 0.285 e. The summed E-state index contributed by atoms with van der Waals surface area (Å²) < 4.78 is 0. The summed E-state index contributed by atoms with van der Waals surface area (Å²) in [6.07, 6.45) is 0. The lowest BCUT2D eigenvalue weighted by Gasteiger charge is -2.26. The van der Waals surface area contributed by atoms with Crippen molar-refractivity contribution in [3.63, 3.8) is 0 Å². The molecule has 0 saturated carbocycles. The zero-order valence-corrected chi connectivity index (χ0v) is 11.5. The van der Waals surface area contributed by atoms with Crippen molar-refractivity contribution in [2.75, 3.05) is 20.8 Å². The molecule has 1 heterocycles. The molecule has 1 aliphatic heterocycles. The minimum atomic E-state index is 0.425. The van der Waals surface area contributed by atoms with Crippen LogP contribution in [0.3, 0.4) is 0 Å².